The molecule has 2 nitrogen and oxygen atoms in total. The van der Waals surface area contributed by atoms with Gasteiger partial charge in [0.05, 0.1) is 0 Å². The fourth-order valence-electron chi connectivity index (χ4n) is 2.35. The van der Waals surface area contributed by atoms with Crippen LogP contribution in [0.3, 0.4) is 0 Å². The Hall–Kier alpha value is -1.02. The first-order valence-electron chi connectivity index (χ1n) is 7.18. The molecule has 0 aromatic heterocycles. The van der Waals surface area contributed by atoms with Crippen molar-refractivity contribution in [2.45, 2.75) is 58.6 Å². The van der Waals surface area contributed by atoms with E-state index in [1.165, 1.54) is 12.0 Å². The van der Waals surface area contributed by atoms with E-state index >= 15 is 0 Å². The molecule has 0 spiro atoms. The smallest absolute Gasteiger partial charge is 0.122 e. The largest absolute Gasteiger partial charge is 0.489 e. The summed E-state index contributed by atoms with van der Waals surface area (Å²) >= 11 is 0. The van der Waals surface area contributed by atoms with Gasteiger partial charge < -0.3 is 10.1 Å². The molecule has 2 heteroatoms. The van der Waals surface area contributed by atoms with Crippen LogP contribution in [0.2, 0.25) is 0 Å². The fourth-order valence-corrected chi connectivity index (χ4v) is 2.35. The molecule has 0 amide bonds. The maximum Gasteiger partial charge on any atom is 0.122 e. The Bertz CT molecular complexity index is 338. The van der Waals surface area contributed by atoms with Crippen LogP contribution in [-0.2, 0) is 6.42 Å². The molecule has 1 aromatic rings. The van der Waals surface area contributed by atoms with E-state index in [2.05, 4.69) is 50.4 Å². The summed E-state index contributed by atoms with van der Waals surface area (Å²) in [5.74, 6) is 1.04. The monoisotopic (exact) mass is 249 g/mol. The highest BCUT2D eigenvalue weighted by Gasteiger charge is 2.19. The molecule has 0 aliphatic heterocycles. The summed E-state index contributed by atoms with van der Waals surface area (Å²) in [5, 5.41) is 3.39. The Morgan fingerprint density at radius 2 is 1.89 bits per heavy atom. The molecule has 0 fully saturated rings. The minimum Gasteiger partial charge on any atom is -0.489 e. The van der Waals surface area contributed by atoms with Crippen molar-refractivity contribution in [3.05, 3.63) is 29.8 Å². The molecule has 18 heavy (non-hydrogen) atoms. The van der Waals surface area contributed by atoms with Gasteiger partial charge in [0, 0.05) is 6.04 Å². The van der Waals surface area contributed by atoms with E-state index < -0.39 is 0 Å². The van der Waals surface area contributed by atoms with Gasteiger partial charge in [0.2, 0.25) is 0 Å². The van der Waals surface area contributed by atoms with Crippen LogP contribution < -0.4 is 10.1 Å². The second kappa shape index (κ2) is 8.15. The summed E-state index contributed by atoms with van der Waals surface area (Å²) in [4.78, 5) is 0. The lowest BCUT2D eigenvalue weighted by Crippen LogP contribution is -2.41. The zero-order valence-corrected chi connectivity index (χ0v) is 12.2. The second-order valence-corrected chi connectivity index (χ2v) is 4.71. The quantitative estimate of drug-likeness (QED) is 0.756. The van der Waals surface area contributed by atoms with Gasteiger partial charge in [0.1, 0.15) is 11.9 Å². The lowest BCUT2D eigenvalue weighted by molar-refractivity contribution is 0.145. The van der Waals surface area contributed by atoms with Gasteiger partial charge in [-0.25, -0.2) is 0 Å². The predicted octanol–water partition coefficient (Wildman–Crippen LogP) is 3.79. The van der Waals surface area contributed by atoms with Gasteiger partial charge in [-0.15, -0.1) is 0 Å². The highest BCUT2D eigenvalue weighted by molar-refractivity contribution is 5.33. The summed E-state index contributed by atoms with van der Waals surface area (Å²) in [6, 6.07) is 8.80. The number of ether oxygens (including phenoxy) is 1. The average Bonchev–Trinajstić information content (AvgIpc) is 2.43. The van der Waals surface area contributed by atoms with Gasteiger partial charge in [0.25, 0.3) is 0 Å². The van der Waals surface area contributed by atoms with Gasteiger partial charge in [-0.3, -0.25) is 0 Å². The zero-order valence-electron chi connectivity index (χ0n) is 12.2. The van der Waals surface area contributed by atoms with E-state index in [1.54, 1.807) is 0 Å². The van der Waals surface area contributed by atoms with Crippen LogP contribution in [0.25, 0.3) is 0 Å². The van der Waals surface area contributed by atoms with Crippen molar-refractivity contribution in [2.75, 3.05) is 7.05 Å². The fraction of sp³-hybridized carbons (Fsp3) is 0.625. The van der Waals surface area contributed by atoms with Crippen molar-refractivity contribution >= 4 is 0 Å². The third kappa shape index (κ3) is 4.02. The van der Waals surface area contributed by atoms with Crippen LogP contribution in [0, 0.1) is 0 Å². The lowest BCUT2D eigenvalue weighted by Gasteiger charge is -2.27. The van der Waals surface area contributed by atoms with Crippen molar-refractivity contribution in [1.82, 2.24) is 5.32 Å². The Labute approximate surface area is 112 Å². The van der Waals surface area contributed by atoms with Crippen molar-refractivity contribution < 1.29 is 4.74 Å². The summed E-state index contributed by atoms with van der Waals surface area (Å²) < 4.78 is 6.23. The first kappa shape index (κ1) is 15.0. The van der Waals surface area contributed by atoms with Crippen LogP contribution in [-0.4, -0.2) is 19.2 Å². The van der Waals surface area contributed by atoms with E-state index in [1.807, 2.05) is 7.05 Å². The Balaban J connectivity index is 2.78. The standard InChI is InChI=1S/C16H27NO/c1-5-10-14(17-4)15(7-3)18-16-12-9-8-11-13(16)6-2/h8-9,11-12,14-15,17H,5-7,10H2,1-4H3. The number of para-hydroxylation sites is 1. The molecule has 2 atom stereocenters. The second-order valence-electron chi connectivity index (χ2n) is 4.71. The molecule has 0 saturated heterocycles. The van der Waals surface area contributed by atoms with Crippen molar-refractivity contribution in [3.8, 4) is 5.75 Å². The number of aryl methyl sites for hydroxylation is 1. The van der Waals surface area contributed by atoms with E-state index in [0.29, 0.717) is 6.04 Å². The molecule has 0 aliphatic carbocycles. The van der Waals surface area contributed by atoms with Gasteiger partial charge in [-0.05, 0) is 37.9 Å². The number of nitrogens with one attached hydrogen (secondary N) is 1. The topological polar surface area (TPSA) is 21.3 Å². The first-order chi connectivity index (χ1) is 8.76. The highest BCUT2D eigenvalue weighted by atomic mass is 16.5. The summed E-state index contributed by atoms with van der Waals surface area (Å²) in [6.07, 6.45) is 4.64. The Morgan fingerprint density at radius 1 is 1.17 bits per heavy atom. The van der Waals surface area contributed by atoms with E-state index in [0.717, 1.165) is 25.0 Å². The van der Waals surface area contributed by atoms with E-state index in [9.17, 15) is 0 Å². The SMILES string of the molecule is CCCC(NC)C(CC)Oc1ccccc1CC. The minimum atomic E-state index is 0.252. The average molecular weight is 249 g/mol. The van der Waals surface area contributed by atoms with Gasteiger partial charge in [-0.1, -0.05) is 45.4 Å². The van der Waals surface area contributed by atoms with Gasteiger partial charge >= 0.3 is 0 Å². The van der Waals surface area contributed by atoms with Crippen LogP contribution in [0.4, 0.5) is 0 Å². The highest BCUT2D eigenvalue weighted by Crippen LogP contribution is 2.22. The molecule has 1 rings (SSSR count). The number of hydrogen-bond donors (Lipinski definition) is 1. The molecule has 2 unspecified atom stereocenters. The van der Waals surface area contributed by atoms with Crippen molar-refractivity contribution in [1.29, 1.82) is 0 Å². The predicted molar refractivity (Wildman–Crippen MR) is 78.3 cm³/mol. The number of rotatable bonds is 8. The van der Waals surface area contributed by atoms with Crippen LogP contribution in [0.5, 0.6) is 5.75 Å². The maximum atomic E-state index is 6.23. The van der Waals surface area contributed by atoms with Crippen LogP contribution in [0.15, 0.2) is 24.3 Å². The Kier molecular flexibility index (Phi) is 6.81. The zero-order chi connectivity index (χ0) is 13.4. The number of hydrogen-bond acceptors (Lipinski definition) is 2. The molecule has 0 aliphatic rings. The summed E-state index contributed by atoms with van der Waals surface area (Å²) in [6.45, 7) is 6.58. The van der Waals surface area contributed by atoms with Gasteiger partial charge in [0.15, 0.2) is 0 Å². The van der Waals surface area contributed by atoms with Crippen molar-refractivity contribution in [2.24, 2.45) is 0 Å². The normalized spacial score (nSPS) is 14.2. The lowest BCUT2D eigenvalue weighted by atomic mass is 10.0. The molecule has 0 bridgehead atoms. The van der Waals surface area contributed by atoms with Crippen LogP contribution >= 0.6 is 0 Å². The number of benzene rings is 1. The summed E-state index contributed by atoms with van der Waals surface area (Å²) in [5.41, 5.74) is 1.29. The third-order valence-electron chi connectivity index (χ3n) is 3.45. The maximum absolute atomic E-state index is 6.23. The van der Waals surface area contributed by atoms with Crippen LogP contribution in [0.1, 0.15) is 45.6 Å². The van der Waals surface area contributed by atoms with Crippen molar-refractivity contribution in [3.63, 3.8) is 0 Å². The molecular weight excluding hydrogens is 222 g/mol. The summed E-state index contributed by atoms with van der Waals surface area (Å²) in [7, 11) is 2.03. The molecular formula is C16H27NO. The first-order valence-corrected chi connectivity index (χ1v) is 7.18. The number of likely N-dealkylation sites (N-methyl/N-ethyl adjacent to an activating group) is 1. The molecule has 1 aromatic carbocycles. The molecule has 0 heterocycles. The molecule has 0 radical (unpaired) electrons. The van der Waals surface area contributed by atoms with Gasteiger partial charge in [-0.2, -0.15) is 0 Å². The molecule has 102 valence electrons. The third-order valence-corrected chi connectivity index (χ3v) is 3.45. The minimum absolute atomic E-state index is 0.252. The Morgan fingerprint density at radius 3 is 2.44 bits per heavy atom. The molecule has 0 saturated carbocycles. The molecule has 1 N–H and O–H groups in total. The van der Waals surface area contributed by atoms with E-state index in [4.69, 9.17) is 4.74 Å². The van der Waals surface area contributed by atoms with E-state index in [-0.39, 0.29) is 6.10 Å².